The monoisotopic (exact) mass is 351 g/mol. The number of aromatic nitrogens is 2. The van der Waals surface area contributed by atoms with Crippen LogP contribution >= 0.6 is 15.9 Å². The van der Waals surface area contributed by atoms with E-state index in [9.17, 15) is 0 Å². The van der Waals surface area contributed by atoms with Crippen LogP contribution in [0.5, 0.6) is 11.5 Å². The number of nitrogens with zero attached hydrogens (tertiary/aromatic N) is 2. The smallest absolute Gasteiger partial charge is 0.162 e. The van der Waals surface area contributed by atoms with Gasteiger partial charge in [-0.2, -0.15) is 0 Å². The molecule has 21 heavy (non-hydrogen) atoms. The van der Waals surface area contributed by atoms with Crippen LogP contribution in [0, 0.1) is 0 Å². The molecule has 1 aromatic carbocycles. The van der Waals surface area contributed by atoms with Crippen molar-refractivity contribution < 1.29 is 9.47 Å². The third-order valence-electron chi connectivity index (χ3n) is 3.63. The lowest BCUT2D eigenvalue weighted by atomic mass is 10.1. The lowest BCUT2D eigenvalue weighted by Gasteiger charge is -2.22. The average molecular weight is 352 g/mol. The van der Waals surface area contributed by atoms with Crippen LogP contribution in [0.4, 0.5) is 0 Å². The molecule has 1 aromatic heterocycles. The van der Waals surface area contributed by atoms with Gasteiger partial charge in [0, 0.05) is 30.3 Å². The van der Waals surface area contributed by atoms with Crippen molar-refractivity contribution in [1.82, 2.24) is 14.9 Å². The number of hydrogen-bond acceptors (Lipinski definition) is 4. The van der Waals surface area contributed by atoms with Crippen molar-refractivity contribution in [2.45, 2.75) is 19.5 Å². The molecule has 112 valence electrons. The van der Waals surface area contributed by atoms with Crippen molar-refractivity contribution >= 4 is 15.9 Å². The predicted molar refractivity (Wildman–Crippen MR) is 83.6 cm³/mol. The molecule has 0 radical (unpaired) electrons. The summed E-state index contributed by atoms with van der Waals surface area (Å²) in [5, 5.41) is 3.50. The van der Waals surface area contributed by atoms with Gasteiger partial charge >= 0.3 is 0 Å². The van der Waals surface area contributed by atoms with Crippen molar-refractivity contribution in [2.24, 2.45) is 7.05 Å². The minimum absolute atomic E-state index is 0.185. The summed E-state index contributed by atoms with van der Waals surface area (Å²) in [7, 11) is 1.99. The molecule has 0 fully saturated rings. The Morgan fingerprint density at radius 3 is 2.71 bits per heavy atom. The standard InChI is InChI=1S/C15H18BrN3O2/c1-10(18-8-11-7-17-9-19(11)2)12-5-14-15(6-13(12)16)21-4-3-20-14/h5-7,9-10,18H,3-4,8H2,1-2H3/t10-/m1/s1. The highest BCUT2D eigenvalue weighted by Crippen LogP contribution is 2.37. The zero-order valence-electron chi connectivity index (χ0n) is 12.1. The maximum atomic E-state index is 5.65. The van der Waals surface area contributed by atoms with E-state index in [-0.39, 0.29) is 6.04 Å². The first kappa shape index (κ1) is 14.4. The Balaban J connectivity index is 1.75. The minimum atomic E-state index is 0.185. The minimum Gasteiger partial charge on any atom is -0.486 e. The van der Waals surface area contributed by atoms with E-state index in [1.165, 1.54) is 0 Å². The summed E-state index contributed by atoms with van der Waals surface area (Å²) >= 11 is 3.62. The molecule has 1 aliphatic heterocycles. The maximum absolute atomic E-state index is 5.65. The van der Waals surface area contributed by atoms with Gasteiger partial charge in [-0.1, -0.05) is 15.9 Å². The molecule has 0 bridgehead atoms. The number of benzene rings is 1. The molecule has 1 aliphatic rings. The summed E-state index contributed by atoms with van der Waals surface area (Å²) in [4.78, 5) is 4.12. The second kappa shape index (κ2) is 6.07. The van der Waals surface area contributed by atoms with E-state index >= 15 is 0 Å². The average Bonchev–Trinajstić information content (AvgIpc) is 2.89. The van der Waals surface area contributed by atoms with Crippen molar-refractivity contribution in [3.05, 3.63) is 40.4 Å². The summed E-state index contributed by atoms with van der Waals surface area (Å²) in [6, 6.07) is 4.20. The Morgan fingerprint density at radius 1 is 1.33 bits per heavy atom. The van der Waals surface area contributed by atoms with E-state index in [1.54, 1.807) is 0 Å². The number of ether oxygens (including phenoxy) is 2. The van der Waals surface area contributed by atoms with Crippen LogP contribution in [0.25, 0.3) is 0 Å². The number of fused-ring (bicyclic) bond motifs is 1. The highest BCUT2D eigenvalue weighted by Gasteiger charge is 2.18. The third kappa shape index (κ3) is 3.06. The van der Waals surface area contributed by atoms with Crippen LogP contribution in [0.15, 0.2) is 29.1 Å². The van der Waals surface area contributed by atoms with Crippen LogP contribution in [0.1, 0.15) is 24.2 Å². The molecule has 0 unspecified atom stereocenters. The Labute approximate surface area is 132 Å². The number of hydrogen-bond donors (Lipinski definition) is 1. The molecule has 0 aliphatic carbocycles. The summed E-state index contributed by atoms with van der Waals surface area (Å²) in [6.45, 7) is 4.10. The zero-order valence-corrected chi connectivity index (χ0v) is 13.7. The van der Waals surface area contributed by atoms with Crippen molar-refractivity contribution in [2.75, 3.05) is 13.2 Å². The summed E-state index contributed by atoms with van der Waals surface area (Å²) in [5.74, 6) is 1.62. The number of halogens is 1. The van der Waals surface area contributed by atoms with Gasteiger partial charge in [0.05, 0.1) is 12.0 Å². The Hall–Kier alpha value is -1.53. The molecular formula is C15H18BrN3O2. The molecular weight excluding hydrogens is 334 g/mol. The fourth-order valence-electron chi connectivity index (χ4n) is 2.33. The first-order chi connectivity index (χ1) is 10.1. The Kier molecular flexibility index (Phi) is 4.17. The fourth-order valence-corrected chi connectivity index (χ4v) is 3.00. The van der Waals surface area contributed by atoms with E-state index in [4.69, 9.17) is 9.47 Å². The molecule has 0 saturated heterocycles. The van der Waals surface area contributed by atoms with Crippen LogP contribution < -0.4 is 14.8 Å². The molecule has 0 amide bonds. The molecule has 2 heterocycles. The third-order valence-corrected chi connectivity index (χ3v) is 4.32. The fraction of sp³-hybridized carbons (Fsp3) is 0.400. The van der Waals surface area contributed by atoms with E-state index in [2.05, 4.69) is 33.2 Å². The molecule has 1 N–H and O–H groups in total. The first-order valence-electron chi connectivity index (χ1n) is 6.93. The van der Waals surface area contributed by atoms with E-state index in [0.29, 0.717) is 13.2 Å². The van der Waals surface area contributed by atoms with Gasteiger partial charge in [0.25, 0.3) is 0 Å². The SMILES string of the molecule is C[C@@H](NCc1cncn1C)c1cc2c(cc1Br)OCCO2. The van der Waals surface area contributed by atoms with Crippen LogP contribution in [0.2, 0.25) is 0 Å². The van der Waals surface area contributed by atoms with Crippen molar-refractivity contribution in [3.8, 4) is 11.5 Å². The highest BCUT2D eigenvalue weighted by atomic mass is 79.9. The van der Waals surface area contributed by atoms with Crippen molar-refractivity contribution in [1.29, 1.82) is 0 Å². The van der Waals surface area contributed by atoms with E-state index in [1.807, 2.05) is 36.3 Å². The van der Waals surface area contributed by atoms with Gasteiger partial charge in [-0.05, 0) is 24.6 Å². The van der Waals surface area contributed by atoms with Gasteiger partial charge in [-0.15, -0.1) is 0 Å². The quantitative estimate of drug-likeness (QED) is 0.919. The predicted octanol–water partition coefficient (Wildman–Crippen LogP) is 2.80. The molecule has 6 heteroatoms. The Bertz CT molecular complexity index is 642. The van der Waals surface area contributed by atoms with E-state index in [0.717, 1.165) is 33.8 Å². The largest absolute Gasteiger partial charge is 0.486 e. The molecule has 1 atom stereocenters. The highest BCUT2D eigenvalue weighted by molar-refractivity contribution is 9.10. The van der Waals surface area contributed by atoms with Gasteiger partial charge in [0.1, 0.15) is 13.2 Å². The lowest BCUT2D eigenvalue weighted by Crippen LogP contribution is -2.21. The normalized spacial score (nSPS) is 15.0. The van der Waals surface area contributed by atoms with Gasteiger partial charge in [-0.25, -0.2) is 4.98 Å². The molecule has 2 aromatic rings. The second-order valence-electron chi connectivity index (χ2n) is 5.12. The van der Waals surface area contributed by atoms with Gasteiger partial charge < -0.3 is 19.4 Å². The number of nitrogens with one attached hydrogen (secondary N) is 1. The second-order valence-corrected chi connectivity index (χ2v) is 5.97. The van der Waals surface area contributed by atoms with E-state index < -0.39 is 0 Å². The molecule has 0 spiro atoms. The number of aryl methyl sites for hydroxylation is 1. The van der Waals surface area contributed by atoms with Gasteiger partial charge in [-0.3, -0.25) is 0 Å². The van der Waals surface area contributed by atoms with Crippen LogP contribution in [-0.2, 0) is 13.6 Å². The van der Waals surface area contributed by atoms with Crippen LogP contribution in [-0.4, -0.2) is 22.8 Å². The summed E-state index contributed by atoms with van der Waals surface area (Å²) in [5.41, 5.74) is 2.30. The number of imidazole rings is 1. The van der Waals surface area contributed by atoms with Crippen molar-refractivity contribution in [3.63, 3.8) is 0 Å². The van der Waals surface area contributed by atoms with Gasteiger partial charge in [0.15, 0.2) is 11.5 Å². The first-order valence-corrected chi connectivity index (χ1v) is 7.72. The molecule has 5 nitrogen and oxygen atoms in total. The lowest BCUT2D eigenvalue weighted by molar-refractivity contribution is 0.171. The number of rotatable bonds is 4. The molecule has 3 rings (SSSR count). The zero-order chi connectivity index (χ0) is 14.8. The summed E-state index contributed by atoms with van der Waals surface area (Å²) < 4.78 is 14.3. The Morgan fingerprint density at radius 2 is 2.05 bits per heavy atom. The maximum Gasteiger partial charge on any atom is 0.162 e. The summed E-state index contributed by atoms with van der Waals surface area (Å²) in [6.07, 6.45) is 3.68. The topological polar surface area (TPSA) is 48.3 Å². The molecule has 0 saturated carbocycles. The van der Waals surface area contributed by atoms with Crippen LogP contribution in [0.3, 0.4) is 0 Å². The van der Waals surface area contributed by atoms with Gasteiger partial charge in [0.2, 0.25) is 0 Å².